The fraction of sp³-hybridized carbons (Fsp3) is 0.333. The summed E-state index contributed by atoms with van der Waals surface area (Å²) in [6.45, 7) is 2.88. The van der Waals surface area contributed by atoms with E-state index in [0.29, 0.717) is 5.56 Å². The predicted octanol–water partition coefficient (Wildman–Crippen LogP) is 0.245. The van der Waals surface area contributed by atoms with Crippen molar-refractivity contribution >= 4 is 0 Å². The zero-order valence-electron chi connectivity index (χ0n) is 7.85. The molecule has 0 aliphatic rings. The normalized spacial score (nSPS) is 12.1. The number of hydrogen-bond donors (Lipinski definition) is 2. The van der Waals surface area contributed by atoms with Crippen LogP contribution in [0.3, 0.4) is 0 Å². The lowest BCUT2D eigenvalue weighted by Gasteiger charge is -2.12. The van der Waals surface area contributed by atoms with Crippen molar-refractivity contribution in [1.29, 1.82) is 5.26 Å². The highest BCUT2D eigenvalue weighted by molar-refractivity contribution is 5.43. The SMILES string of the molecule is Cc1cc(=O)n(C(C)O)c(O)c1C#N. The third kappa shape index (κ3) is 1.47. The second-order valence-electron chi connectivity index (χ2n) is 2.98. The van der Waals surface area contributed by atoms with Crippen LogP contribution in [0.15, 0.2) is 10.9 Å². The molecule has 14 heavy (non-hydrogen) atoms. The van der Waals surface area contributed by atoms with Gasteiger partial charge in [-0.1, -0.05) is 0 Å². The molecule has 2 N–H and O–H groups in total. The van der Waals surface area contributed by atoms with Gasteiger partial charge in [0.1, 0.15) is 17.9 Å². The lowest BCUT2D eigenvalue weighted by atomic mass is 10.1. The fourth-order valence-corrected chi connectivity index (χ4v) is 1.23. The van der Waals surface area contributed by atoms with Gasteiger partial charge in [-0.25, -0.2) is 0 Å². The number of aliphatic hydroxyl groups excluding tert-OH is 1. The van der Waals surface area contributed by atoms with Gasteiger partial charge in [-0.15, -0.1) is 0 Å². The topological polar surface area (TPSA) is 86.2 Å². The highest BCUT2D eigenvalue weighted by atomic mass is 16.3. The summed E-state index contributed by atoms with van der Waals surface area (Å²) < 4.78 is 0.756. The molecule has 0 radical (unpaired) electrons. The second kappa shape index (κ2) is 3.52. The van der Waals surface area contributed by atoms with Gasteiger partial charge in [0.2, 0.25) is 5.88 Å². The molecule has 1 aromatic heterocycles. The fourth-order valence-electron chi connectivity index (χ4n) is 1.23. The number of aryl methyl sites for hydroxylation is 1. The second-order valence-corrected chi connectivity index (χ2v) is 2.98. The Kier molecular flexibility index (Phi) is 2.58. The molecule has 5 heteroatoms. The minimum atomic E-state index is -1.16. The lowest BCUT2D eigenvalue weighted by Crippen LogP contribution is -2.23. The van der Waals surface area contributed by atoms with Crippen LogP contribution in [0.4, 0.5) is 0 Å². The van der Waals surface area contributed by atoms with Crippen molar-refractivity contribution in [3.63, 3.8) is 0 Å². The van der Waals surface area contributed by atoms with E-state index in [1.54, 1.807) is 13.0 Å². The van der Waals surface area contributed by atoms with Gasteiger partial charge in [-0.05, 0) is 19.4 Å². The van der Waals surface area contributed by atoms with E-state index in [4.69, 9.17) is 5.26 Å². The Bertz CT molecular complexity index is 454. The third-order valence-electron chi connectivity index (χ3n) is 1.91. The third-order valence-corrected chi connectivity index (χ3v) is 1.91. The molecule has 0 aliphatic carbocycles. The Balaban J connectivity index is 3.63. The molecule has 0 amide bonds. The van der Waals surface area contributed by atoms with Gasteiger partial charge in [0.25, 0.3) is 5.56 Å². The number of aromatic hydroxyl groups is 1. The van der Waals surface area contributed by atoms with Crippen LogP contribution in [-0.2, 0) is 0 Å². The molecule has 1 unspecified atom stereocenters. The molecule has 1 aromatic rings. The van der Waals surface area contributed by atoms with Gasteiger partial charge < -0.3 is 10.2 Å². The van der Waals surface area contributed by atoms with Crippen molar-refractivity contribution < 1.29 is 10.2 Å². The monoisotopic (exact) mass is 194 g/mol. The van der Waals surface area contributed by atoms with E-state index < -0.39 is 17.7 Å². The quantitative estimate of drug-likeness (QED) is 0.670. The molecule has 0 saturated carbocycles. The number of nitrogens with zero attached hydrogens (tertiary/aromatic N) is 2. The van der Waals surface area contributed by atoms with Crippen LogP contribution < -0.4 is 5.56 Å². The molecule has 5 nitrogen and oxygen atoms in total. The maximum absolute atomic E-state index is 11.3. The van der Waals surface area contributed by atoms with Gasteiger partial charge in [0.05, 0.1) is 0 Å². The average Bonchev–Trinajstić information content (AvgIpc) is 2.02. The van der Waals surface area contributed by atoms with E-state index in [0.717, 1.165) is 4.57 Å². The van der Waals surface area contributed by atoms with Crippen LogP contribution in [0.2, 0.25) is 0 Å². The van der Waals surface area contributed by atoms with E-state index in [2.05, 4.69) is 0 Å². The molecule has 1 rings (SSSR count). The Morgan fingerprint density at radius 3 is 2.64 bits per heavy atom. The summed E-state index contributed by atoms with van der Waals surface area (Å²) in [5.41, 5.74) is -0.133. The summed E-state index contributed by atoms with van der Waals surface area (Å²) >= 11 is 0. The van der Waals surface area contributed by atoms with Gasteiger partial charge in [0, 0.05) is 6.07 Å². The summed E-state index contributed by atoms with van der Waals surface area (Å²) in [5, 5.41) is 27.4. The number of pyridine rings is 1. The van der Waals surface area contributed by atoms with Gasteiger partial charge >= 0.3 is 0 Å². The number of aromatic nitrogens is 1. The van der Waals surface area contributed by atoms with Gasteiger partial charge in [-0.2, -0.15) is 5.26 Å². The summed E-state index contributed by atoms with van der Waals surface area (Å²) in [6, 6.07) is 2.96. The first-order valence-electron chi connectivity index (χ1n) is 4.02. The molecule has 1 atom stereocenters. The highest BCUT2D eigenvalue weighted by Gasteiger charge is 2.14. The van der Waals surface area contributed by atoms with Crippen molar-refractivity contribution in [1.82, 2.24) is 4.57 Å². The van der Waals surface area contributed by atoms with Crippen molar-refractivity contribution in [2.45, 2.75) is 20.1 Å². The van der Waals surface area contributed by atoms with Gasteiger partial charge in [0.15, 0.2) is 0 Å². The molecule has 0 aromatic carbocycles. The molecule has 0 bridgehead atoms. The predicted molar refractivity (Wildman–Crippen MR) is 48.7 cm³/mol. The highest BCUT2D eigenvalue weighted by Crippen LogP contribution is 2.19. The number of nitriles is 1. The first-order valence-corrected chi connectivity index (χ1v) is 4.02. The van der Waals surface area contributed by atoms with E-state index >= 15 is 0 Å². The van der Waals surface area contributed by atoms with Crippen molar-refractivity contribution in [2.24, 2.45) is 0 Å². The average molecular weight is 194 g/mol. The van der Waals surface area contributed by atoms with Crippen LogP contribution in [-0.4, -0.2) is 14.8 Å². The van der Waals surface area contributed by atoms with E-state index in [9.17, 15) is 15.0 Å². The van der Waals surface area contributed by atoms with Crippen LogP contribution in [0, 0.1) is 18.3 Å². The summed E-state index contributed by atoms with van der Waals surface area (Å²) in [6.07, 6.45) is -1.16. The minimum absolute atomic E-state index is 0.00509. The van der Waals surface area contributed by atoms with Crippen molar-refractivity contribution in [2.75, 3.05) is 0 Å². The summed E-state index contributed by atoms with van der Waals surface area (Å²) in [7, 11) is 0. The maximum Gasteiger partial charge on any atom is 0.255 e. The molecule has 74 valence electrons. The first kappa shape index (κ1) is 10.3. The van der Waals surface area contributed by atoms with Crippen LogP contribution >= 0.6 is 0 Å². The maximum atomic E-state index is 11.3. The molecule has 0 saturated heterocycles. The summed E-state index contributed by atoms with van der Waals surface area (Å²) in [5.74, 6) is -0.493. The molecule has 0 aliphatic heterocycles. The zero-order valence-corrected chi connectivity index (χ0v) is 7.85. The Hall–Kier alpha value is -1.80. The van der Waals surface area contributed by atoms with Crippen molar-refractivity contribution in [3.05, 3.63) is 27.5 Å². The Labute approximate surface area is 80.5 Å². The lowest BCUT2D eigenvalue weighted by molar-refractivity contribution is 0.110. The van der Waals surface area contributed by atoms with Crippen LogP contribution in [0.5, 0.6) is 5.88 Å². The standard InChI is InChI=1S/C9H10N2O3/c1-5-3-8(13)11(6(2)12)9(14)7(5)4-10/h3,6,12,14H,1-2H3. The van der Waals surface area contributed by atoms with Crippen LogP contribution in [0.1, 0.15) is 24.3 Å². The Morgan fingerprint density at radius 1 is 1.64 bits per heavy atom. The number of hydrogen-bond acceptors (Lipinski definition) is 4. The molecule has 0 fully saturated rings. The zero-order chi connectivity index (χ0) is 10.9. The van der Waals surface area contributed by atoms with Crippen LogP contribution in [0.25, 0.3) is 0 Å². The molecule has 1 heterocycles. The molecular formula is C9H10N2O3. The van der Waals surface area contributed by atoms with Gasteiger partial charge in [-0.3, -0.25) is 9.36 Å². The molecule has 0 spiro atoms. The number of aliphatic hydroxyl groups is 1. The van der Waals surface area contributed by atoms with E-state index in [1.165, 1.54) is 13.0 Å². The first-order chi connectivity index (χ1) is 6.49. The number of rotatable bonds is 1. The Morgan fingerprint density at radius 2 is 2.21 bits per heavy atom. The minimum Gasteiger partial charge on any atom is -0.493 e. The van der Waals surface area contributed by atoms with Crippen molar-refractivity contribution in [3.8, 4) is 11.9 Å². The molecular weight excluding hydrogens is 184 g/mol. The summed E-state index contributed by atoms with van der Waals surface area (Å²) in [4.78, 5) is 11.3. The smallest absolute Gasteiger partial charge is 0.255 e. The van der Waals surface area contributed by atoms with E-state index in [1.807, 2.05) is 0 Å². The largest absolute Gasteiger partial charge is 0.493 e. The van der Waals surface area contributed by atoms with E-state index in [-0.39, 0.29) is 5.56 Å².